The number of benzene rings is 1. The Hall–Kier alpha value is -1.41. The van der Waals surface area contributed by atoms with E-state index in [-0.39, 0.29) is 13.0 Å². The molecule has 108 valence electrons. The van der Waals surface area contributed by atoms with Gasteiger partial charge < -0.3 is 10.5 Å². The van der Waals surface area contributed by atoms with Crippen LogP contribution in [0.5, 0.6) is 5.75 Å². The molecule has 0 radical (unpaired) electrons. The van der Waals surface area contributed by atoms with Crippen LogP contribution in [0.15, 0.2) is 12.1 Å². The Balaban J connectivity index is 2.59. The van der Waals surface area contributed by atoms with Gasteiger partial charge in [0.25, 0.3) is 0 Å². The highest BCUT2D eigenvalue weighted by molar-refractivity contribution is 5.31. The van der Waals surface area contributed by atoms with Gasteiger partial charge in [0.2, 0.25) is 0 Å². The first kappa shape index (κ1) is 15.6. The average Bonchev–Trinajstić information content (AvgIpc) is 2.26. The largest absolute Gasteiger partial charge is 0.522 e. The van der Waals surface area contributed by atoms with Gasteiger partial charge >= 0.3 is 6.36 Å². The lowest BCUT2D eigenvalue weighted by Gasteiger charge is -2.11. The van der Waals surface area contributed by atoms with Crippen LogP contribution < -0.4 is 10.5 Å². The topological polar surface area (TPSA) is 44.5 Å². The fourth-order valence-electron chi connectivity index (χ4n) is 1.36. The van der Waals surface area contributed by atoms with Crippen LogP contribution in [0.1, 0.15) is 5.56 Å². The van der Waals surface area contributed by atoms with Crippen molar-refractivity contribution in [3.63, 3.8) is 0 Å². The third kappa shape index (κ3) is 5.39. The van der Waals surface area contributed by atoms with Gasteiger partial charge in [-0.2, -0.15) is 0 Å². The number of alkyl halides is 3. The molecule has 0 aromatic heterocycles. The molecule has 3 nitrogen and oxygen atoms in total. The van der Waals surface area contributed by atoms with Crippen LogP contribution in [-0.2, 0) is 11.2 Å². The number of hydrogen-bond acceptors (Lipinski definition) is 3. The Morgan fingerprint density at radius 2 is 1.63 bits per heavy atom. The zero-order chi connectivity index (χ0) is 14.5. The summed E-state index contributed by atoms with van der Waals surface area (Å²) in [5.41, 5.74) is 5.58. The van der Waals surface area contributed by atoms with Gasteiger partial charge in [0.05, 0.1) is 6.61 Å². The van der Waals surface area contributed by atoms with Crippen LogP contribution in [0.3, 0.4) is 0 Å². The van der Waals surface area contributed by atoms with Crippen molar-refractivity contribution in [2.24, 2.45) is 5.73 Å². The van der Waals surface area contributed by atoms with Crippen molar-refractivity contribution >= 4 is 0 Å². The van der Waals surface area contributed by atoms with Gasteiger partial charge in [0, 0.05) is 0 Å². The second-order valence-corrected chi connectivity index (χ2v) is 3.57. The molecule has 0 aliphatic heterocycles. The highest BCUT2D eigenvalue weighted by Crippen LogP contribution is 2.24. The third-order valence-corrected chi connectivity index (χ3v) is 2.09. The SMILES string of the molecule is NCCc1cc(F)c(OCCOC(F)(F)F)c(F)c1. The minimum atomic E-state index is -4.80. The third-order valence-electron chi connectivity index (χ3n) is 2.09. The first-order valence-electron chi connectivity index (χ1n) is 5.35. The fourth-order valence-corrected chi connectivity index (χ4v) is 1.36. The highest BCUT2D eigenvalue weighted by atomic mass is 19.4. The summed E-state index contributed by atoms with van der Waals surface area (Å²) >= 11 is 0. The Morgan fingerprint density at radius 3 is 2.11 bits per heavy atom. The molecular weight excluding hydrogens is 273 g/mol. The zero-order valence-corrected chi connectivity index (χ0v) is 9.77. The summed E-state index contributed by atoms with van der Waals surface area (Å²) in [6, 6.07) is 2.05. The maximum absolute atomic E-state index is 13.4. The molecule has 0 aliphatic carbocycles. The first-order chi connectivity index (χ1) is 8.83. The van der Waals surface area contributed by atoms with E-state index in [1.54, 1.807) is 0 Å². The molecule has 8 heteroatoms. The monoisotopic (exact) mass is 285 g/mol. The van der Waals surface area contributed by atoms with E-state index < -0.39 is 37.0 Å². The van der Waals surface area contributed by atoms with E-state index in [4.69, 9.17) is 5.73 Å². The molecule has 0 atom stereocenters. The molecule has 0 bridgehead atoms. The smallest absolute Gasteiger partial charge is 0.485 e. The molecule has 0 amide bonds. The number of hydrogen-bond donors (Lipinski definition) is 1. The van der Waals surface area contributed by atoms with Crippen molar-refractivity contribution in [1.29, 1.82) is 0 Å². The van der Waals surface area contributed by atoms with E-state index in [1.807, 2.05) is 0 Å². The van der Waals surface area contributed by atoms with Crippen molar-refractivity contribution in [2.45, 2.75) is 12.8 Å². The lowest BCUT2D eigenvalue weighted by Crippen LogP contribution is -2.18. The Bertz CT molecular complexity index is 399. The summed E-state index contributed by atoms with van der Waals surface area (Å²) in [5.74, 6) is -2.71. The molecule has 0 unspecified atom stereocenters. The molecule has 2 N–H and O–H groups in total. The Kier molecular flexibility index (Phi) is 5.49. The van der Waals surface area contributed by atoms with E-state index in [2.05, 4.69) is 9.47 Å². The normalized spacial score (nSPS) is 11.7. The summed E-state index contributed by atoms with van der Waals surface area (Å²) in [6.07, 6.45) is -4.52. The van der Waals surface area contributed by atoms with Crippen LogP contribution in [0.2, 0.25) is 0 Å². The quantitative estimate of drug-likeness (QED) is 0.644. The average molecular weight is 285 g/mol. The number of nitrogens with two attached hydrogens (primary N) is 1. The molecule has 1 rings (SSSR count). The van der Waals surface area contributed by atoms with Gasteiger partial charge in [0.15, 0.2) is 17.4 Å². The second-order valence-electron chi connectivity index (χ2n) is 3.57. The van der Waals surface area contributed by atoms with Crippen molar-refractivity contribution < 1.29 is 31.4 Å². The van der Waals surface area contributed by atoms with Gasteiger partial charge in [-0.05, 0) is 30.7 Å². The zero-order valence-electron chi connectivity index (χ0n) is 9.77. The molecule has 1 aromatic carbocycles. The van der Waals surface area contributed by atoms with Crippen LogP contribution in [0.25, 0.3) is 0 Å². The van der Waals surface area contributed by atoms with E-state index in [0.717, 1.165) is 12.1 Å². The summed E-state index contributed by atoms with van der Waals surface area (Å²) in [6.45, 7) is -1.25. The van der Waals surface area contributed by atoms with Gasteiger partial charge in [-0.3, -0.25) is 4.74 Å². The van der Waals surface area contributed by atoms with E-state index in [0.29, 0.717) is 5.56 Å². The summed E-state index contributed by atoms with van der Waals surface area (Å²) in [5, 5.41) is 0. The molecule has 0 fully saturated rings. The minimum absolute atomic E-state index is 0.221. The Labute approximate surface area is 106 Å². The predicted octanol–water partition coefficient (Wildman–Crippen LogP) is 2.38. The van der Waals surface area contributed by atoms with Gasteiger partial charge in [-0.25, -0.2) is 8.78 Å². The van der Waals surface area contributed by atoms with Crippen LogP contribution in [0.4, 0.5) is 22.0 Å². The Morgan fingerprint density at radius 1 is 1.05 bits per heavy atom. The van der Waals surface area contributed by atoms with Crippen LogP contribution in [-0.4, -0.2) is 26.1 Å². The molecule has 0 saturated heterocycles. The standard InChI is InChI=1S/C11H12F5NO2/c12-8-5-7(1-2-17)6-9(13)10(8)18-3-4-19-11(14,15)16/h5-6H,1-4,17H2. The molecule has 1 aromatic rings. The van der Waals surface area contributed by atoms with Crippen molar-refractivity contribution in [2.75, 3.05) is 19.8 Å². The number of rotatable bonds is 6. The van der Waals surface area contributed by atoms with E-state index in [1.165, 1.54) is 0 Å². The lowest BCUT2D eigenvalue weighted by molar-refractivity contribution is -0.325. The molecule has 19 heavy (non-hydrogen) atoms. The summed E-state index contributed by atoms with van der Waals surface area (Å²) < 4.78 is 69.8. The molecule has 0 heterocycles. The van der Waals surface area contributed by atoms with Gasteiger partial charge in [-0.15, -0.1) is 13.2 Å². The maximum Gasteiger partial charge on any atom is 0.522 e. The number of halogens is 5. The van der Waals surface area contributed by atoms with E-state index >= 15 is 0 Å². The molecular formula is C11H12F5NO2. The van der Waals surface area contributed by atoms with Gasteiger partial charge in [0.1, 0.15) is 6.61 Å². The van der Waals surface area contributed by atoms with E-state index in [9.17, 15) is 22.0 Å². The summed E-state index contributed by atoms with van der Waals surface area (Å²) in [4.78, 5) is 0. The van der Waals surface area contributed by atoms with Crippen molar-refractivity contribution in [1.82, 2.24) is 0 Å². The van der Waals surface area contributed by atoms with Crippen molar-refractivity contribution in [3.8, 4) is 5.75 Å². The fraction of sp³-hybridized carbons (Fsp3) is 0.455. The van der Waals surface area contributed by atoms with Crippen LogP contribution >= 0.6 is 0 Å². The minimum Gasteiger partial charge on any atom is -0.485 e. The highest BCUT2D eigenvalue weighted by Gasteiger charge is 2.28. The second kappa shape index (κ2) is 6.67. The molecule has 0 spiro atoms. The lowest BCUT2D eigenvalue weighted by atomic mass is 10.1. The molecule has 0 saturated carbocycles. The van der Waals surface area contributed by atoms with Gasteiger partial charge in [-0.1, -0.05) is 0 Å². The van der Waals surface area contributed by atoms with Crippen molar-refractivity contribution in [3.05, 3.63) is 29.3 Å². The first-order valence-corrected chi connectivity index (χ1v) is 5.35. The maximum atomic E-state index is 13.4. The van der Waals surface area contributed by atoms with Crippen LogP contribution in [0, 0.1) is 11.6 Å². The molecule has 0 aliphatic rings. The number of ether oxygens (including phenoxy) is 2. The summed E-state index contributed by atoms with van der Waals surface area (Å²) in [7, 11) is 0. The predicted molar refractivity (Wildman–Crippen MR) is 56.6 cm³/mol.